The van der Waals surface area contributed by atoms with Crippen molar-refractivity contribution in [2.24, 2.45) is 22.2 Å². The molecule has 0 bridgehead atoms. The van der Waals surface area contributed by atoms with Crippen molar-refractivity contribution in [3.8, 4) is 0 Å². The van der Waals surface area contributed by atoms with E-state index in [0.29, 0.717) is 18.1 Å². The summed E-state index contributed by atoms with van der Waals surface area (Å²) in [7, 11) is 2.22. The number of anilines is 2. The molecule has 2 aromatic rings. The lowest BCUT2D eigenvalue weighted by atomic mass is 9.70. The number of thiophene rings is 1. The molecule has 37 heavy (non-hydrogen) atoms. The van der Waals surface area contributed by atoms with Gasteiger partial charge in [0, 0.05) is 4.88 Å². The number of carbonyl (C=O) groups excluding carboxylic acids is 1. The molecule has 5 rings (SSSR count). The number of nitrogens with one attached hydrogen (secondary N) is 1. The predicted molar refractivity (Wildman–Crippen MR) is 148 cm³/mol. The number of para-hydroxylation sites is 2. The van der Waals surface area contributed by atoms with E-state index >= 15 is 0 Å². The molecule has 3 heterocycles. The summed E-state index contributed by atoms with van der Waals surface area (Å²) in [5, 5.41) is 4.76. The highest BCUT2D eigenvalue weighted by Crippen LogP contribution is 2.41. The van der Waals surface area contributed by atoms with Crippen molar-refractivity contribution in [3.63, 3.8) is 0 Å². The number of quaternary nitrogens is 1. The molecule has 0 radical (unpaired) electrons. The number of aliphatic imine (C=N–C) groups is 1. The Morgan fingerprint density at radius 2 is 1.84 bits per heavy atom. The van der Waals surface area contributed by atoms with E-state index in [4.69, 9.17) is 9.73 Å². The van der Waals surface area contributed by atoms with Crippen molar-refractivity contribution in [1.82, 2.24) is 4.90 Å². The van der Waals surface area contributed by atoms with Gasteiger partial charge in [0.05, 0.1) is 56.1 Å². The molecule has 3 aliphatic rings. The molecule has 1 saturated heterocycles. The van der Waals surface area contributed by atoms with Crippen molar-refractivity contribution < 1.29 is 38.0 Å². The first-order chi connectivity index (χ1) is 17.1. The van der Waals surface area contributed by atoms with Crippen LogP contribution in [0.5, 0.6) is 0 Å². The number of hydrogen-bond acceptors (Lipinski definition) is 6. The van der Waals surface area contributed by atoms with E-state index in [9.17, 15) is 4.79 Å². The average Bonchev–Trinajstić information content (AvgIpc) is 3.14. The molecule has 0 atom stereocenters. The minimum absolute atomic E-state index is 0. The Labute approximate surface area is 243 Å². The Morgan fingerprint density at radius 3 is 2.51 bits per heavy atom. The Balaban J connectivity index is 0.00000320. The largest absolute Gasteiger partial charge is 1.00 e. The van der Waals surface area contributed by atoms with Crippen LogP contribution in [0.2, 0.25) is 0 Å². The van der Waals surface area contributed by atoms with Crippen LogP contribution in [0.4, 0.5) is 16.4 Å². The monoisotopic (exact) mass is 636 g/mol. The molecule has 1 saturated carbocycles. The molecule has 0 amide bonds. The van der Waals surface area contributed by atoms with Gasteiger partial charge in [-0.15, -0.1) is 11.3 Å². The molecule has 1 aromatic carbocycles. The highest BCUT2D eigenvalue weighted by molar-refractivity contribution is 7.16. The summed E-state index contributed by atoms with van der Waals surface area (Å²) in [5.41, 5.74) is 3.54. The molecule has 2 aliphatic heterocycles. The summed E-state index contributed by atoms with van der Waals surface area (Å²) in [6.45, 7) is 13.2. The van der Waals surface area contributed by atoms with Gasteiger partial charge in [-0.05, 0) is 62.1 Å². The Kier molecular flexibility index (Phi) is 8.60. The summed E-state index contributed by atoms with van der Waals surface area (Å²) < 4.78 is 6.69. The second-order valence-electron chi connectivity index (χ2n) is 12.2. The summed E-state index contributed by atoms with van der Waals surface area (Å²) in [6.07, 6.45) is 4.20. The van der Waals surface area contributed by atoms with Gasteiger partial charge in [-0.25, -0.2) is 4.99 Å². The zero-order valence-electron chi connectivity index (χ0n) is 22.8. The van der Waals surface area contributed by atoms with Crippen LogP contribution in [0, 0.1) is 24.2 Å². The van der Waals surface area contributed by atoms with Crippen LogP contribution in [0.1, 0.15) is 56.9 Å². The van der Waals surface area contributed by atoms with E-state index in [1.807, 2.05) is 12.1 Å². The average molecular weight is 637 g/mol. The second kappa shape index (κ2) is 11.2. The van der Waals surface area contributed by atoms with E-state index in [0.717, 1.165) is 78.6 Å². The molecule has 0 unspecified atom stereocenters. The molecule has 1 N–H and O–H groups in total. The first-order valence-corrected chi connectivity index (χ1v) is 14.2. The predicted octanol–water partition coefficient (Wildman–Crippen LogP) is 3.31. The van der Waals surface area contributed by atoms with Crippen LogP contribution in [-0.4, -0.2) is 61.1 Å². The second-order valence-corrected chi connectivity index (χ2v) is 13.5. The number of halogens is 1. The number of ether oxygens (including phenoxy) is 1. The third kappa shape index (κ3) is 6.33. The molecule has 202 valence electrons. The minimum Gasteiger partial charge on any atom is -1.00 e. The van der Waals surface area contributed by atoms with Crippen LogP contribution in [-0.2, 0) is 9.53 Å². The van der Waals surface area contributed by atoms with E-state index in [1.165, 1.54) is 10.4 Å². The van der Waals surface area contributed by atoms with E-state index in [1.54, 1.807) is 11.3 Å². The Hall–Kier alpha value is -1.65. The highest BCUT2D eigenvalue weighted by atomic mass is 127. The maximum absolute atomic E-state index is 12.9. The standard InChI is InChI=1S/C29H41N4O2S.HI/c1-20-18-23-26(30-24-8-6-7-9-25(24)31-27(23)36-20)32-14-16-33(5,17-15-32)19-35-28(34)21-10-12-22(13-11-21)29(2,3)4;/h6-9,18,21-22,31H,10-17,19H2,1-5H3;1H/q+1;/p-1. The number of esters is 1. The number of rotatable bonds is 3. The smallest absolute Gasteiger partial charge is 0.313 e. The number of piperazine rings is 1. The normalized spacial score (nSPS) is 22.9. The van der Waals surface area contributed by atoms with Crippen LogP contribution < -0.4 is 29.3 Å². The van der Waals surface area contributed by atoms with Crippen LogP contribution >= 0.6 is 11.3 Å². The third-order valence-electron chi connectivity index (χ3n) is 8.40. The first-order valence-electron chi connectivity index (χ1n) is 13.4. The minimum atomic E-state index is 0. The van der Waals surface area contributed by atoms with Crippen molar-refractivity contribution in [1.29, 1.82) is 0 Å². The molecule has 1 aliphatic carbocycles. The number of amidine groups is 1. The summed E-state index contributed by atoms with van der Waals surface area (Å²) in [5.74, 6) is 1.84. The number of fused-ring (bicyclic) bond motifs is 2. The number of hydrogen-bond donors (Lipinski definition) is 1. The van der Waals surface area contributed by atoms with Crippen molar-refractivity contribution in [3.05, 3.63) is 40.8 Å². The van der Waals surface area contributed by atoms with Gasteiger partial charge in [0.15, 0.2) is 0 Å². The molecule has 2 fully saturated rings. The number of nitrogens with zero attached hydrogens (tertiary/aromatic N) is 3. The zero-order valence-corrected chi connectivity index (χ0v) is 25.8. The van der Waals surface area contributed by atoms with Gasteiger partial charge in [0.2, 0.25) is 6.73 Å². The molecule has 8 heteroatoms. The lowest BCUT2D eigenvalue weighted by Gasteiger charge is -2.42. The van der Waals surface area contributed by atoms with Gasteiger partial charge in [-0.2, -0.15) is 0 Å². The summed E-state index contributed by atoms with van der Waals surface area (Å²) in [6, 6.07) is 10.5. The fourth-order valence-electron chi connectivity index (χ4n) is 5.81. The number of aryl methyl sites for hydroxylation is 1. The maximum atomic E-state index is 12.9. The lowest BCUT2D eigenvalue weighted by molar-refractivity contribution is -0.929. The van der Waals surface area contributed by atoms with Gasteiger partial charge < -0.3 is 38.9 Å². The molecule has 0 spiro atoms. The fourth-order valence-corrected chi connectivity index (χ4v) is 6.73. The number of likely N-dealkylation sites (N-methyl/N-ethyl adjacent to an activating group) is 1. The topological polar surface area (TPSA) is 53.9 Å². The first kappa shape index (κ1) is 28.4. The fraction of sp³-hybridized carbons (Fsp3) is 0.586. The van der Waals surface area contributed by atoms with Crippen molar-refractivity contribution >= 4 is 39.5 Å². The third-order valence-corrected chi connectivity index (χ3v) is 9.36. The van der Waals surface area contributed by atoms with E-state index in [-0.39, 0.29) is 35.9 Å². The SMILES string of the molecule is Cc1cc2c(s1)Nc1ccccc1N=C2N1CC[N+](C)(COC(=O)C2CCC(C(C)(C)C)CC2)CC1.[I-]. The van der Waals surface area contributed by atoms with Gasteiger partial charge in [0.1, 0.15) is 10.8 Å². The van der Waals surface area contributed by atoms with Crippen LogP contribution in [0.3, 0.4) is 0 Å². The molecule has 1 aromatic heterocycles. The van der Waals surface area contributed by atoms with E-state index in [2.05, 4.69) is 63.2 Å². The number of benzene rings is 1. The van der Waals surface area contributed by atoms with Crippen molar-refractivity contribution in [2.45, 2.75) is 53.4 Å². The summed E-state index contributed by atoms with van der Waals surface area (Å²) in [4.78, 5) is 21.7. The van der Waals surface area contributed by atoms with Crippen LogP contribution in [0.25, 0.3) is 0 Å². The van der Waals surface area contributed by atoms with Crippen LogP contribution in [0.15, 0.2) is 35.3 Å². The van der Waals surface area contributed by atoms with Gasteiger partial charge in [-0.3, -0.25) is 9.28 Å². The Morgan fingerprint density at radius 1 is 1.16 bits per heavy atom. The van der Waals surface area contributed by atoms with Gasteiger partial charge >= 0.3 is 5.97 Å². The molecule has 6 nitrogen and oxygen atoms in total. The highest BCUT2D eigenvalue weighted by Gasteiger charge is 2.36. The lowest BCUT2D eigenvalue weighted by Crippen LogP contribution is -3.00. The Bertz CT molecular complexity index is 1140. The van der Waals surface area contributed by atoms with Crippen molar-refractivity contribution in [2.75, 3.05) is 45.3 Å². The zero-order chi connectivity index (χ0) is 25.5. The van der Waals surface area contributed by atoms with Gasteiger partial charge in [0.25, 0.3) is 0 Å². The van der Waals surface area contributed by atoms with Gasteiger partial charge in [-0.1, -0.05) is 32.9 Å². The summed E-state index contributed by atoms with van der Waals surface area (Å²) >= 11 is 1.78. The quantitative estimate of drug-likeness (QED) is 0.320. The molecular weight excluding hydrogens is 595 g/mol. The maximum Gasteiger partial charge on any atom is 0.313 e. The van der Waals surface area contributed by atoms with E-state index < -0.39 is 0 Å². The molecular formula is C29H41IN4O2S. The number of carbonyl (C=O) groups is 1.